The predicted molar refractivity (Wildman–Crippen MR) is 56.7 cm³/mol. The minimum absolute atomic E-state index is 0.00236. The van der Waals surface area contributed by atoms with Crippen LogP contribution in [0, 0.1) is 5.82 Å². The van der Waals surface area contributed by atoms with Gasteiger partial charge in [0.25, 0.3) is 0 Å². The standard InChI is InChI=1S/C11H7FO2S/c12-7-3-4-8(9(6-7)11(13)14)10-2-1-5-15-10/h1-6H,(H,13,14). The Labute approximate surface area is 89.6 Å². The number of aromatic carboxylic acids is 1. The van der Waals surface area contributed by atoms with Gasteiger partial charge in [-0.25, -0.2) is 9.18 Å². The number of hydrogen-bond donors (Lipinski definition) is 1. The number of rotatable bonds is 2. The summed E-state index contributed by atoms with van der Waals surface area (Å²) >= 11 is 1.43. The van der Waals surface area contributed by atoms with E-state index in [0.29, 0.717) is 5.56 Å². The fourth-order valence-electron chi connectivity index (χ4n) is 1.34. The molecule has 0 radical (unpaired) electrons. The normalized spacial score (nSPS) is 10.2. The molecule has 0 amide bonds. The van der Waals surface area contributed by atoms with E-state index in [4.69, 9.17) is 5.11 Å². The van der Waals surface area contributed by atoms with Crippen LogP contribution in [0.4, 0.5) is 4.39 Å². The van der Waals surface area contributed by atoms with Crippen molar-refractivity contribution in [2.24, 2.45) is 0 Å². The molecule has 0 atom stereocenters. The molecule has 1 N–H and O–H groups in total. The van der Waals surface area contributed by atoms with E-state index in [1.165, 1.54) is 23.5 Å². The fraction of sp³-hybridized carbons (Fsp3) is 0. The summed E-state index contributed by atoms with van der Waals surface area (Å²) in [6.45, 7) is 0. The van der Waals surface area contributed by atoms with Crippen molar-refractivity contribution in [2.45, 2.75) is 0 Å². The third-order valence-electron chi connectivity index (χ3n) is 2.00. The summed E-state index contributed by atoms with van der Waals surface area (Å²) in [5, 5.41) is 10.8. The van der Waals surface area contributed by atoms with Gasteiger partial charge in [-0.2, -0.15) is 0 Å². The van der Waals surface area contributed by atoms with E-state index < -0.39 is 11.8 Å². The van der Waals surface area contributed by atoms with Crippen LogP contribution in [0.5, 0.6) is 0 Å². The molecule has 2 nitrogen and oxygen atoms in total. The maximum Gasteiger partial charge on any atom is 0.336 e. The van der Waals surface area contributed by atoms with Crippen LogP contribution in [0.1, 0.15) is 10.4 Å². The Kier molecular flexibility index (Phi) is 2.51. The lowest BCUT2D eigenvalue weighted by molar-refractivity contribution is 0.0697. The summed E-state index contributed by atoms with van der Waals surface area (Å²) in [5.74, 6) is -1.65. The molecule has 0 spiro atoms. The van der Waals surface area contributed by atoms with Crippen LogP contribution in [0.15, 0.2) is 35.7 Å². The Morgan fingerprint density at radius 2 is 2.13 bits per heavy atom. The highest BCUT2D eigenvalue weighted by Gasteiger charge is 2.13. The summed E-state index contributed by atoms with van der Waals surface area (Å²) in [6, 6.07) is 7.43. The number of carboxylic acids is 1. The molecule has 0 aliphatic heterocycles. The van der Waals surface area contributed by atoms with Gasteiger partial charge in [0.2, 0.25) is 0 Å². The average Bonchev–Trinajstić information content (AvgIpc) is 2.70. The van der Waals surface area contributed by atoms with Crippen molar-refractivity contribution in [3.8, 4) is 10.4 Å². The molecule has 4 heteroatoms. The minimum atomic E-state index is -1.11. The Morgan fingerprint density at radius 1 is 1.33 bits per heavy atom. The van der Waals surface area contributed by atoms with Gasteiger partial charge in [-0.3, -0.25) is 0 Å². The molecule has 0 unspecified atom stereocenters. The van der Waals surface area contributed by atoms with E-state index in [2.05, 4.69) is 0 Å². The lowest BCUT2D eigenvalue weighted by Gasteiger charge is -2.03. The molecule has 0 fully saturated rings. The molecule has 0 aliphatic rings. The van der Waals surface area contributed by atoms with Crippen LogP contribution in [0.2, 0.25) is 0 Å². The van der Waals surface area contributed by atoms with Crippen molar-refractivity contribution in [3.63, 3.8) is 0 Å². The van der Waals surface area contributed by atoms with Gasteiger partial charge in [0.05, 0.1) is 5.56 Å². The van der Waals surface area contributed by atoms with Crippen molar-refractivity contribution in [3.05, 3.63) is 47.1 Å². The van der Waals surface area contributed by atoms with Gasteiger partial charge < -0.3 is 5.11 Å². The van der Waals surface area contributed by atoms with E-state index in [0.717, 1.165) is 10.9 Å². The molecular formula is C11H7FO2S. The molecule has 0 aliphatic carbocycles. The molecular weight excluding hydrogens is 215 g/mol. The zero-order valence-corrected chi connectivity index (χ0v) is 8.42. The first kappa shape index (κ1) is 9.86. The summed E-state index contributed by atoms with van der Waals surface area (Å²) < 4.78 is 12.9. The number of carbonyl (C=O) groups is 1. The fourth-order valence-corrected chi connectivity index (χ4v) is 2.11. The number of benzene rings is 1. The molecule has 76 valence electrons. The van der Waals surface area contributed by atoms with Gasteiger partial charge in [0.1, 0.15) is 5.82 Å². The summed E-state index contributed by atoms with van der Waals surface area (Å²) in [5.41, 5.74) is 0.552. The second kappa shape index (κ2) is 3.82. The van der Waals surface area contributed by atoms with E-state index in [9.17, 15) is 9.18 Å². The van der Waals surface area contributed by atoms with Gasteiger partial charge in [0.15, 0.2) is 0 Å². The first-order chi connectivity index (χ1) is 7.18. The Bertz CT molecular complexity index is 491. The number of carboxylic acid groups (broad SMARTS) is 1. The highest BCUT2D eigenvalue weighted by atomic mass is 32.1. The minimum Gasteiger partial charge on any atom is -0.478 e. The van der Waals surface area contributed by atoms with Crippen molar-refractivity contribution >= 4 is 17.3 Å². The van der Waals surface area contributed by atoms with Gasteiger partial charge in [-0.15, -0.1) is 11.3 Å². The second-order valence-corrected chi connectivity index (χ2v) is 3.92. The Hall–Kier alpha value is -1.68. The third-order valence-corrected chi connectivity index (χ3v) is 2.90. The van der Waals surface area contributed by atoms with Crippen molar-refractivity contribution in [1.82, 2.24) is 0 Å². The molecule has 0 bridgehead atoms. The van der Waals surface area contributed by atoms with Crippen LogP contribution in [-0.4, -0.2) is 11.1 Å². The molecule has 0 saturated heterocycles. The van der Waals surface area contributed by atoms with E-state index >= 15 is 0 Å². The highest BCUT2D eigenvalue weighted by molar-refractivity contribution is 7.13. The smallest absolute Gasteiger partial charge is 0.336 e. The molecule has 1 aromatic heterocycles. The maximum atomic E-state index is 12.9. The molecule has 1 heterocycles. The molecule has 15 heavy (non-hydrogen) atoms. The molecule has 1 aromatic carbocycles. The van der Waals surface area contributed by atoms with E-state index in [1.807, 2.05) is 17.5 Å². The van der Waals surface area contributed by atoms with Gasteiger partial charge in [-0.05, 0) is 29.6 Å². The number of thiophene rings is 1. The summed E-state index contributed by atoms with van der Waals surface area (Å²) in [7, 11) is 0. The highest BCUT2D eigenvalue weighted by Crippen LogP contribution is 2.28. The molecule has 0 saturated carbocycles. The monoisotopic (exact) mass is 222 g/mol. The lowest BCUT2D eigenvalue weighted by atomic mass is 10.1. The number of halogens is 1. The van der Waals surface area contributed by atoms with Crippen LogP contribution < -0.4 is 0 Å². The van der Waals surface area contributed by atoms with E-state index in [1.54, 1.807) is 0 Å². The lowest BCUT2D eigenvalue weighted by Crippen LogP contribution is -1.99. The second-order valence-electron chi connectivity index (χ2n) is 2.97. The quantitative estimate of drug-likeness (QED) is 0.846. The largest absolute Gasteiger partial charge is 0.478 e. The van der Waals surface area contributed by atoms with Crippen LogP contribution >= 0.6 is 11.3 Å². The predicted octanol–water partition coefficient (Wildman–Crippen LogP) is 3.25. The third kappa shape index (κ3) is 1.89. The van der Waals surface area contributed by atoms with Crippen LogP contribution in [0.3, 0.4) is 0 Å². The summed E-state index contributed by atoms with van der Waals surface area (Å²) in [6.07, 6.45) is 0. The first-order valence-corrected chi connectivity index (χ1v) is 5.13. The van der Waals surface area contributed by atoms with Crippen LogP contribution in [-0.2, 0) is 0 Å². The van der Waals surface area contributed by atoms with Crippen LogP contribution in [0.25, 0.3) is 10.4 Å². The SMILES string of the molecule is O=C(O)c1cc(F)ccc1-c1cccs1. The summed E-state index contributed by atoms with van der Waals surface area (Å²) in [4.78, 5) is 11.7. The van der Waals surface area contributed by atoms with Crippen molar-refractivity contribution in [2.75, 3.05) is 0 Å². The molecule has 2 rings (SSSR count). The first-order valence-electron chi connectivity index (χ1n) is 4.25. The Balaban J connectivity index is 2.61. The van der Waals surface area contributed by atoms with Gasteiger partial charge in [0, 0.05) is 10.4 Å². The topological polar surface area (TPSA) is 37.3 Å². The zero-order chi connectivity index (χ0) is 10.8. The van der Waals surface area contributed by atoms with E-state index in [-0.39, 0.29) is 5.56 Å². The molecule has 2 aromatic rings. The maximum absolute atomic E-state index is 12.9. The van der Waals surface area contributed by atoms with Crippen molar-refractivity contribution < 1.29 is 14.3 Å². The van der Waals surface area contributed by atoms with Crippen molar-refractivity contribution in [1.29, 1.82) is 0 Å². The number of hydrogen-bond acceptors (Lipinski definition) is 2. The average molecular weight is 222 g/mol. The van der Waals surface area contributed by atoms with Gasteiger partial charge in [-0.1, -0.05) is 6.07 Å². The zero-order valence-electron chi connectivity index (χ0n) is 7.61. The van der Waals surface area contributed by atoms with Gasteiger partial charge >= 0.3 is 5.97 Å². The Morgan fingerprint density at radius 3 is 2.73 bits per heavy atom.